The molecule has 1 amide bonds. The summed E-state index contributed by atoms with van der Waals surface area (Å²) >= 11 is 5.13. The van der Waals surface area contributed by atoms with E-state index in [1.54, 1.807) is 0 Å². The smallest absolute Gasteiger partial charge is 0.223 e. The number of carbonyl (C=O) groups excluding carboxylic acids is 1. The first-order valence-corrected chi connectivity index (χ1v) is 13.6. The number of pyridine rings is 1. The summed E-state index contributed by atoms with van der Waals surface area (Å²) in [5, 5.41) is 0.472. The Hall–Kier alpha value is -2.51. The molecule has 0 spiro atoms. The number of amides is 1. The predicted octanol–water partition coefficient (Wildman–Crippen LogP) is 4.38. The summed E-state index contributed by atoms with van der Waals surface area (Å²) in [5.74, 6) is 0.684. The maximum absolute atomic E-state index is 13.6. The summed E-state index contributed by atoms with van der Waals surface area (Å²) in [6.07, 6.45) is 4.51. The fourth-order valence-corrected chi connectivity index (χ4v) is 5.83. The molecule has 2 aliphatic heterocycles. The largest absolute Gasteiger partial charge is 0.376 e. The summed E-state index contributed by atoms with van der Waals surface area (Å²) in [4.78, 5) is 25.2. The molecule has 1 aromatic carbocycles. The van der Waals surface area contributed by atoms with E-state index in [9.17, 15) is 4.79 Å². The minimum Gasteiger partial charge on any atom is -0.376 e. The van der Waals surface area contributed by atoms with Crippen molar-refractivity contribution in [1.29, 1.82) is 0 Å². The molecule has 0 aliphatic carbocycles. The van der Waals surface area contributed by atoms with Crippen molar-refractivity contribution in [1.82, 2.24) is 19.7 Å². The highest BCUT2D eigenvalue weighted by Gasteiger charge is 2.41. The number of aryl methyl sites for hydroxylation is 1. The van der Waals surface area contributed by atoms with E-state index in [2.05, 4.69) is 84.9 Å². The quantitative estimate of drug-likeness (QED) is 0.606. The van der Waals surface area contributed by atoms with Crippen LogP contribution in [-0.2, 0) is 4.79 Å². The van der Waals surface area contributed by atoms with Gasteiger partial charge in [-0.3, -0.25) is 14.7 Å². The summed E-state index contributed by atoms with van der Waals surface area (Å²) in [7, 11) is 0. The lowest BCUT2D eigenvalue weighted by atomic mass is 9.82. The second-order valence-electron chi connectivity index (χ2n) is 11.5. The molecule has 2 aromatic rings. The van der Waals surface area contributed by atoms with E-state index >= 15 is 0 Å². The van der Waals surface area contributed by atoms with Crippen LogP contribution in [0.25, 0.3) is 0 Å². The zero-order chi connectivity index (χ0) is 25.9. The highest BCUT2D eigenvalue weighted by Crippen LogP contribution is 2.35. The van der Waals surface area contributed by atoms with Crippen LogP contribution in [0.1, 0.15) is 62.9 Å². The molecule has 1 unspecified atom stereocenters. The minimum atomic E-state index is -0.0363. The molecule has 36 heavy (non-hydrogen) atoms. The number of hydrogen-bond donors (Lipinski definition) is 1. The molecule has 194 valence electrons. The van der Waals surface area contributed by atoms with Gasteiger partial charge in [-0.15, -0.1) is 0 Å². The van der Waals surface area contributed by atoms with E-state index in [1.807, 2.05) is 6.20 Å². The van der Waals surface area contributed by atoms with Gasteiger partial charge in [-0.25, -0.2) is 0 Å². The van der Waals surface area contributed by atoms with Crippen molar-refractivity contribution in [2.75, 3.05) is 32.7 Å². The van der Waals surface area contributed by atoms with Gasteiger partial charge >= 0.3 is 0 Å². The van der Waals surface area contributed by atoms with Gasteiger partial charge in [0.15, 0.2) is 5.11 Å². The van der Waals surface area contributed by atoms with Crippen molar-refractivity contribution in [2.45, 2.75) is 59.0 Å². The molecular weight excluding hydrogens is 466 g/mol. The molecule has 2 N–H and O–H groups in total. The van der Waals surface area contributed by atoms with Crippen LogP contribution in [-0.4, -0.2) is 69.5 Å². The number of piperidine rings is 1. The Kier molecular flexibility index (Phi) is 8.30. The first-order chi connectivity index (χ1) is 17.1. The number of carbonyl (C=O) groups is 1. The molecule has 7 heteroatoms. The van der Waals surface area contributed by atoms with Gasteiger partial charge in [0.05, 0.1) is 11.7 Å². The van der Waals surface area contributed by atoms with Gasteiger partial charge in [0.2, 0.25) is 5.91 Å². The van der Waals surface area contributed by atoms with Crippen LogP contribution in [0.2, 0.25) is 0 Å². The lowest BCUT2D eigenvalue weighted by Crippen LogP contribution is -2.60. The van der Waals surface area contributed by atoms with E-state index < -0.39 is 0 Å². The van der Waals surface area contributed by atoms with Gasteiger partial charge < -0.3 is 15.5 Å². The number of nitrogens with two attached hydrogens (primary N) is 1. The molecule has 1 aromatic heterocycles. The summed E-state index contributed by atoms with van der Waals surface area (Å²) < 4.78 is 0. The highest BCUT2D eigenvalue weighted by molar-refractivity contribution is 7.80. The normalized spacial score (nSPS) is 20.8. The summed E-state index contributed by atoms with van der Waals surface area (Å²) in [6, 6.07) is 15.1. The SMILES string of the molecule is Cc1ccc(C(c2ccccc2)N2CCN(C(=O)CC3CCN(C(N)=S)CC3)[C@@H](C(C)(C)C)C2)nc1. The zero-order valence-electron chi connectivity index (χ0n) is 22.2. The standard InChI is InChI=1S/C29H41N5OS/c1-21-10-11-24(31-19-21)27(23-8-6-5-7-9-23)33-16-17-34(25(20-33)29(2,3)4)26(35)18-22-12-14-32(15-13-22)28(30)36/h5-11,19,22,25,27H,12-18,20H2,1-4H3,(H2,30,36)/t25-,27?/m1/s1. The number of thiocarbonyl (C=S) groups is 1. The Morgan fingerprint density at radius 3 is 2.36 bits per heavy atom. The average molecular weight is 508 g/mol. The second kappa shape index (κ2) is 11.3. The van der Waals surface area contributed by atoms with Crippen LogP contribution in [0, 0.1) is 18.3 Å². The van der Waals surface area contributed by atoms with Crippen LogP contribution in [0.3, 0.4) is 0 Å². The van der Waals surface area contributed by atoms with Gasteiger partial charge in [0.1, 0.15) is 0 Å². The molecule has 4 rings (SSSR count). The summed E-state index contributed by atoms with van der Waals surface area (Å²) in [6.45, 7) is 12.9. The Morgan fingerprint density at radius 1 is 1.08 bits per heavy atom. The van der Waals surface area contributed by atoms with Crippen LogP contribution in [0.5, 0.6) is 0 Å². The molecule has 2 fully saturated rings. The topological polar surface area (TPSA) is 65.7 Å². The molecule has 0 saturated carbocycles. The van der Waals surface area contributed by atoms with E-state index in [0.29, 0.717) is 17.5 Å². The Bertz CT molecular complexity index is 1030. The lowest BCUT2D eigenvalue weighted by Gasteiger charge is -2.49. The third kappa shape index (κ3) is 6.24. The number of aromatic nitrogens is 1. The Morgan fingerprint density at radius 2 is 1.78 bits per heavy atom. The van der Waals surface area contributed by atoms with Crippen molar-refractivity contribution in [3.63, 3.8) is 0 Å². The van der Waals surface area contributed by atoms with Crippen LogP contribution in [0.4, 0.5) is 0 Å². The number of hydrogen-bond acceptors (Lipinski definition) is 4. The molecule has 0 bridgehead atoms. The number of nitrogens with zero attached hydrogens (tertiary/aromatic N) is 4. The molecule has 2 aliphatic rings. The first kappa shape index (κ1) is 26.6. The first-order valence-electron chi connectivity index (χ1n) is 13.2. The molecule has 2 saturated heterocycles. The van der Waals surface area contributed by atoms with Crippen LogP contribution in [0.15, 0.2) is 48.7 Å². The van der Waals surface area contributed by atoms with Gasteiger partial charge in [-0.05, 0) is 60.5 Å². The van der Waals surface area contributed by atoms with E-state index in [4.69, 9.17) is 22.9 Å². The number of rotatable bonds is 5. The highest BCUT2D eigenvalue weighted by atomic mass is 32.1. The van der Waals surface area contributed by atoms with Gasteiger partial charge in [-0.2, -0.15) is 0 Å². The van der Waals surface area contributed by atoms with Crippen LogP contribution < -0.4 is 5.73 Å². The van der Waals surface area contributed by atoms with Crippen molar-refractivity contribution >= 4 is 23.2 Å². The van der Waals surface area contributed by atoms with Crippen molar-refractivity contribution in [2.24, 2.45) is 17.1 Å². The third-order valence-electron chi connectivity index (χ3n) is 7.82. The summed E-state index contributed by atoms with van der Waals surface area (Å²) in [5.41, 5.74) is 9.22. The number of likely N-dealkylation sites (tertiary alicyclic amines) is 1. The molecule has 6 nitrogen and oxygen atoms in total. The van der Waals surface area contributed by atoms with Crippen molar-refractivity contribution in [3.05, 3.63) is 65.5 Å². The molecule has 3 heterocycles. The average Bonchev–Trinajstić information content (AvgIpc) is 2.86. The van der Waals surface area contributed by atoms with Gasteiger partial charge in [-0.1, -0.05) is 57.2 Å². The van der Waals surface area contributed by atoms with Gasteiger partial charge in [0.25, 0.3) is 0 Å². The van der Waals surface area contributed by atoms with E-state index in [-0.39, 0.29) is 23.4 Å². The third-order valence-corrected chi connectivity index (χ3v) is 8.07. The van der Waals surface area contributed by atoms with E-state index in [0.717, 1.165) is 56.8 Å². The van der Waals surface area contributed by atoms with E-state index in [1.165, 1.54) is 5.56 Å². The predicted molar refractivity (Wildman–Crippen MR) is 149 cm³/mol. The maximum Gasteiger partial charge on any atom is 0.223 e. The number of benzene rings is 1. The second-order valence-corrected chi connectivity index (χ2v) is 11.9. The molecular formula is C29H41N5OS. The Balaban J connectivity index is 1.52. The monoisotopic (exact) mass is 507 g/mol. The van der Waals surface area contributed by atoms with Crippen molar-refractivity contribution in [3.8, 4) is 0 Å². The molecule has 2 atom stereocenters. The van der Waals surface area contributed by atoms with Gasteiger partial charge in [0, 0.05) is 51.4 Å². The number of piperazine rings is 1. The molecule has 0 radical (unpaired) electrons. The maximum atomic E-state index is 13.6. The minimum absolute atomic E-state index is 0.0363. The van der Waals surface area contributed by atoms with Crippen molar-refractivity contribution < 1.29 is 4.79 Å². The fourth-order valence-electron chi connectivity index (χ4n) is 5.65. The lowest BCUT2D eigenvalue weighted by molar-refractivity contribution is -0.141. The zero-order valence-corrected chi connectivity index (χ0v) is 23.0. The Labute approximate surface area is 221 Å². The van der Waals surface area contributed by atoms with Crippen LogP contribution >= 0.6 is 12.2 Å². The fraction of sp³-hybridized carbons (Fsp3) is 0.552.